The Morgan fingerprint density at radius 2 is 1.95 bits per heavy atom. The third-order valence-corrected chi connectivity index (χ3v) is 4.20. The van der Waals surface area contributed by atoms with Gasteiger partial charge in [0.15, 0.2) is 11.0 Å². The zero-order valence-corrected chi connectivity index (χ0v) is 14.1. The maximum Gasteiger partial charge on any atom is 0.191 e. The first-order valence-electron chi connectivity index (χ1n) is 7.53. The first kappa shape index (κ1) is 17.0. The van der Waals surface area contributed by atoms with Gasteiger partial charge in [-0.05, 0) is 20.8 Å². The standard InChI is InChI=1S/C16H23N3O2S/c1-4-19-15(13-8-6-5-7-9-13)17-18-16(19)22-11-14(20)10-21-12(2)3/h5-9,12,14,20H,4,10-11H2,1-3H3. The molecular weight excluding hydrogens is 298 g/mol. The molecule has 5 nitrogen and oxygen atoms in total. The summed E-state index contributed by atoms with van der Waals surface area (Å²) in [6, 6.07) is 10.0. The molecule has 0 aliphatic heterocycles. The lowest BCUT2D eigenvalue weighted by atomic mass is 10.2. The zero-order chi connectivity index (χ0) is 15.9. The minimum Gasteiger partial charge on any atom is -0.390 e. The molecule has 0 saturated carbocycles. The molecule has 6 heteroatoms. The third kappa shape index (κ3) is 4.56. The van der Waals surface area contributed by atoms with Crippen molar-refractivity contribution in [2.24, 2.45) is 0 Å². The maximum absolute atomic E-state index is 9.94. The summed E-state index contributed by atoms with van der Waals surface area (Å²) >= 11 is 1.51. The molecule has 0 amide bonds. The van der Waals surface area contributed by atoms with Gasteiger partial charge in [0.05, 0.1) is 18.8 Å². The highest BCUT2D eigenvalue weighted by molar-refractivity contribution is 7.99. The van der Waals surface area contributed by atoms with Crippen LogP contribution < -0.4 is 0 Å². The van der Waals surface area contributed by atoms with E-state index < -0.39 is 6.10 Å². The number of ether oxygens (including phenoxy) is 1. The Labute approximate surface area is 135 Å². The molecule has 1 atom stereocenters. The number of thioether (sulfide) groups is 1. The van der Waals surface area contributed by atoms with Crippen LogP contribution in [0.4, 0.5) is 0 Å². The molecule has 2 rings (SSSR count). The van der Waals surface area contributed by atoms with Crippen LogP contribution in [0.5, 0.6) is 0 Å². The van der Waals surface area contributed by atoms with Crippen LogP contribution in [-0.4, -0.2) is 44.4 Å². The topological polar surface area (TPSA) is 60.2 Å². The van der Waals surface area contributed by atoms with Gasteiger partial charge in [0.25, 0.3) is 0 Å². The van der Waals surface area contributed by atoms with Gasteiger partial charge in [-0.25, -0.2) is 0 Å². The Balaban J connectivity index is 2.02. The number of nitrogens with zero attached hydrogens (tertiary/aromatic N) is 3. The van der Waals surface area contributed by atoms with Crippen molar-refractivity contribution in [1.29, 1.82) is 0 Å². The molecule has 2 aromatic rings. The molecule has 0 fully saturated rings. The van der Waals surface area contributed by atoms with Crippen molar-refractivity contribution >= 4 is 11.8 Å². The highest BCUT2D eigenvalue weighted by Crippen LogP contribution is 2.24. The molecule has 120 valence electrons. The smallest absolute Gasteiger partial charge is 0.191 e. The van der Waals surface area contributed by atoms with Gasteiger partial charge in [0.1, 0.15) is 0 Å². The number of aliphatic hydroxyl groups excluding tert-OH is 1. The number of hydrogen-bond acceptors (Lipinski definition) is 5. The summed E-state index contributed by atoms with van der Waals surface area (Å²) in [6.45, 7) is 7.12. The van der Waals surface area contributed by atoms with Gasteiger partial charge in [-0.3, -0.25) is 0 Å². The van der Waals surface area contributed by atoms with Crippen molar-refractivity contribution in [2.75, 3.05) is 12.4 Å². The molecule has 0 aliphatic rings. The van der Waals surface area contributed by atoms with E-state index >= 15 is 0 Å². The fourth-order valence-electron chi connectivity index (χ4n) is 2.00. The van der Waals surface area contributed by atoms with Crippen molar-refractivity contribution in [3.05, 3.63) is 30.3 Å². The molecule has 0 radical (unpaired) electrons. The number of rotatable bonds is 8. The van der Waals surface area contributed by atoms with Crippen molar-refractivity contribution in [3.8, 4) is 11.4 Å². The normalized spacial score (nSPS) is 12.8. The van der Waals surface area contributed by atoms with Crippen LogP contribution >= 0.6 is 11.8 Å². The lowest BCUT2D eigenvalue weighted by Crippen LogP contribution is -2.20. The van der Waals surface area contributed by atoms with E-state index in [0.717, 1.165) is 23.1 Å². The minimum atomic E-state index is -0.505. The van der Waals surface area contributed by atoms with E-state index in [9.17, 15) is 5.11 Å². The number of benzene rings is 1. The summed E-state index contributed by atoms with van der Waals surface area (Å²) in [6.07, 6.45) is -0.377. The van der Waals surface area contributed by atoms with Gasteiger partial charge in [-0.2, -0.15) is 0 Å². The van der Waals surface area contributed by atoms with Crippen LogP contribution in [0.15, 0.2) is 35.5 Å². The van der Waals surface area contributed by atoms with Crippen LogP contribution in [-0.2, 0) is 11.3 Å². The maximum atomic E-state index is 9.94. The van der Waals surface area contributed by atoms with Crippen LogP contribution in [0, 0.1) is 0 Å². The first-order valence-corrected chi connectivity index (χ1v) is 8.51. The van der Waals surface area contributed by atoms with Gasteiger partial charge in [0, 0.05) is 17.9 Å². The van der Waals surface area contributed by atoms with Gasteiger partial charge in [-0.15, -0.1) is 10.2 Å². The van der Waals surface area contributed by atoms with Crippen molar-refractivity contribution < 1.29 is 9.84 Å². The highest BCUT2D eigenvalue weighted by Gasteiger charge is 2.15. The summed E-state index contributed by atoms with van der Waals surface area (Å²) in [5.41, 5.74) is 1.05. The van der Waals surface area contributed by atoms with Crippen LogP contribution in [0.1, 0.15) is 20.8 Å². The van der Waals surface area contributed by atoms with Crippen LogP contribution in [0.3, 0.4) is 0 Å². The van der Waals surface area contributed by atoms with E-state index in [2.05, 4.69) is 21.7 Å². The fourth-order valence-corrected chi connectivity index (χ4v) is 2.91. The second-order valence-electron chi connectivity index (χ2n) is 5.26. The predicted molar refractivity (Wildman–Crippen MR) is 89.0 cm³/mol. The zero-order valence-electron chi connectivity index (χ0n) is 13.3. The van der Waals surface area contributed by atoms with Crippen LogP contribution in [0.25, 0.3) is 11.4 Å². The Hall–Kier alpha value is -1.37. The number of aromatic nitrogens is 3. The lowest BCUT2D eigenvalue weighted by Gasteiger charge is -2.13. The molecular formula is C16H23N3O2S. The largest absolute Gasteiger partial charge is 0.390 e. The van der Waals surface area contributed by atoms with Crippen molar-refractivity contribution in [2.45, 2.75) is 44.7 Å². The second-order valence-corrected chi connectivity index (χ2v) is 6.25. The summed E-state index contributed by atoms with van der Waals surface area (Å²) in [5, 5.41) is 19.3. The van der Waals surface area contributed by atoms with Gasteiger partial charge in [-0.1, -0.05) is 42.1 Å². The highest BCUT2D eigenvalue weighted by atomic mass is 32.2. The van der Waals surface area contributed by atoms with E-state index in [-0.39, 0.29) is 6.10 Å². The third-order valence-electron chi connectivity index (χ3n) is 3.09. The fraction of sp³-hybridized carbons (Fsp3) is 0.500. The molecule has 1 N–H and O–H groups in total. The second kappa shape index (κ2) is 8.31. The molecule has 0 saturated heterocycles. The van der Waals surface area contributed by atoms with E-state index in [4.69, 9.17) is 4.74 Å². The minimum absolute atomic E-state index is 0.128. The molecule has 0 bridgehead atoms. The molecule has 1 aromatic heterocycles. The Morgan fingerprint density at radius 3 is 2.59 bits per heavy atom. The molecule has 0 aliphatic carbocycles. The quantitative estimate of drug-likeness (QED) is 0.758. The molecule has 22 heavy (non-hydrogen) atoms. The van der Waals surface area contributed by atoms with Gasteiger partial charge in [0.2, 0.25) is 0 Å². The summed E-state index contributed by atoms with van der Waals surface area (Å²) < 4.78 is 7.48. The van der Waals surface area contributed by atoms with Crippen molar-refractivity contribution in [1.82, 2.24) is 14.8 Å². The van der Waals surface area contributed by atoms with Crippen LogP contribution in [0.2, 0.25) is 0 Å². The first-order chi connectivity index (χ1) is 10.6. The van der Waals surface area contributed by atoms with E-state index in [1.54, 1.807) is 0 Å². The Kier molecular flexibility index (Phi) is 6.42. The van der Waals surface area contributed by atoms with E-state index in [1.807, 2.05) is 44.2 Å². The van der Waals surface area contributed by atoms with Gasteiger partial charge >= 0.3 is 0 Å². The van der Waals surface area contributed by atoms with E-state index in [0.29, 0.717) is 12.4 Å². The Bertz CT molecular complexity index is 572. The predicted octanol–water partition coefficient (Wildman–Crippen LogP) is 2.84. The monoisotopic (exact) mass is 321 g/mol. The molecule has 1 heterocycles. The SMILES string of the molecule is CCn1c(SCC(O)COC(C)C)nnc1-c1ccccc1. The lowest BCUT2D eigenvalue weighted by molar-refractivity contribution is 0.0152. The summed E-state index contributed by atoms with van der Waals surface area (Å²) in [4.78, 5) is 0. The number of aliphatic hydroxyl groups is 1. The summed E-state index contributed by atoms with van der Waals surface area (Å²) in [7, 11) is 0. The molecule has 0 spiro atoms. The molecule has 1 unspecified atom stereocenters. The Morgan fingerprint density at radius 1 is 1.23 bits per heavy atom. The van der Waals surface area contributed by atoms with Gasteiger partial charge < -0.3 is 14.4 Å². The average Bonchev–Trinajstić information content (AvgIpc) is 2.94. The van der Waals surface area contributed by atoms with E-state index in [1.165, 1.54) is 11.8 Å². The number of hydrogen-bond donors (Lipinski definition) is 1. The van der Waals surface area contributed by atoms with Crippen molar-refractivity contribution in [3.63, 3.8) is 0 Å². The molecule has 1 aromatic carbocycles. The summed E-state index contributed by atoms with van der Waals surface area (Å²) in [5.74, 6) is 1.40. The average molecular weight is 321 g/mol.